The average Bonchev–Trinajstić information content (AvgIpc) is 3.17. The maximum Gasteiger partial charge on any atom is 0.252 e. The zero-order valence-corrected chi connectivity index (χ0v) is 20.5. The summed E-state index contributed by atoms with van der Waals surface area (Å²) in [5, 5.41) is 15.0. The Bertz CT molecular complexity index is 1070. The highest BCUT2D eigenvalue weighted by Crippen LogP contribution is 2.21. The topological polar surface area (TPSA) is 88.9 Å². The van der Waals surface area contributed by atoms with Crippen molar-refractivity contribution < 1.29 is 9.59 Å². The molecular weight excluding hydrogens is 525 g/mol. The van der Waals surface area contributed by atoms with E-state index >= 15 is 0 Å². The Balaban J connectivity index is 1.63. The summed E-state index contributed by atoms with van der Waals surface area (Å²) in [5.41, 5.74) is 2.31. The lowest BCUT2D eigenvalue weighted by Gasteiger charge is -2.16. The van der Waals surface area contributed by atoms with Gasteiger partial charge in [0.15, 0.2) is 11.0 Å². The lowest BCUT2D eigenvalue weighted by molar-refractivity contribution is -0.113. The SMILES string of the molecule is CCn1c(SCC(=O)Nc2ccc(I)cc2)nnc1[C@H](C)NC(=O)c1ccccc1C. The van der Waals surface area contributed by atoms with Gasteiger partial charge in [0, 0.05) is 21.4 Å². The molecule has 0 aliphatic heterocycles. The Morgan fingerprint density at radius 3 is 2.52 bits per heavy atom. The molecule has 0 spiro atoms. The standard InChI is InChI=1S/C22H24IN5O2S/c1-4-28-20(15(3)24-21(30)18-8-6-5-7-14(18)2)26-27-22(28)31-13-19(29)25-17-11-9-16(23)10-12-17/h5-12,15H,4,13H2,1-3H3,(H,24,30)(H,25,29)/t15-/m0/s1. The van der Waals surface area contributed by atoms with Gasteiger partial charge in [-0.25, -0.2) is 0 Å². The molecule has 2 N–H and O–H groups in total. The van der Waals surface area contributed by atoms with Crippen LogP contribution >= 0.6 is 34.4 Å². The third-order valence-corrected chi connectivity index (χ3v) is 6.33. The molecule has 0 radical (unpaired) electrons. The number of rotatable bonds is 8. The number of nitrogens with one attached hydrogen (secondary N) is 2. The molecule has 3 rings (SSSR count). The van der Waals surface area contributed by atoms with Gasteiger partial charge in [-0.3, -0.25) is 9.59 Å². The van der Waals surface area contributed by atoms with Gasteiger partial charge in [-0.05, 0) is 79.3 Å². The minimum atomic E-state index is -0.325. The van der Waals surface area contributed by atoms with Crippen molar-refractivity contribution in [2.24, 2.45) is 0 Å². The summed E-state index contributed by atoms with van der Waals surface area (Å²) >= 11 is 3.54. The number of amides is 2. The van der Waals surface area contributed by atoms with Gasteiger partial charge < -0.3 is 15.2 Å². The quantitative estimate of drug-likeness (QED) is 0.321. The van der Waals surface area contributed by atoms with Crippen LogP contribution in [-0.2, 0) is 11.3 Å². The van der Waals surface area contributed by atoms with Crippen molar-refractivity contribution in [3.63, 3.8) is 0 Å². The number of carbonyl (C=O) groups excluding carboxylic acids is 2. The van der Waals surface area contributed by atoms with Gasteiger partial charge in [-0.2, -0.15) is 0 Å². The fourth-order valence-electron chi connectivity index (χ4n) is 3.05. The summed E-state index contributed by atoms with van der Waals surface area (Å²) in [6, 6.07) is 14.8. The van der Waals surface area contributed by atoms with Crippen LogP contribution in [-0.4, -0.2) is 32.3 Å². The van der Waals surface area contributed by atoms with Crippen LogP contribution < -0.4 is 10.6 Å². The van der Waals surface area contributed by atoms with E-state index in [9.17, 15) is 9.59 Å². The van der Waals surface area contributed by atoms with Crippen LogP contribution in [0.15, 0.2) is 53.7 Å². The summed E-state index contributed by atoms with van der Waals surface area (Å²) in [4.78, 5) is 24.9. The van der Waals surface area contributed by atoms with E-state index < -0.39 is 0 Å². The van der Waals surface area contributed by atoms with Gasteiger partial charge in [0.25, 0.3) is 5.91 Å². The van der Waals surface area contributed by atoms with Crippen molar-refractivity contribution in [1.82, 2.24) is 20.1 Å². The predicted molar refractivity (Wildman–Crippen MR) is 131 cm³/mol. The zero-order valence-electron chi connectivity index (χ0n) is 17.6. The van der Waals surface area contributed by atoms with E-state index in [1.807, 2.05) is 67.8 Å². The molecule has 0 unspecified atom stereocenters. The van der Waals surface area contributed by atoms with Gasteiger partial charge in [0.1, 0.15) is 0 Å². The third-order valence-electron chi connectivity index (χ3n) is 4.65. The Morgan fingerprint density at radius 2 is 1.84 bits per heavy atom. The molecule has 0 fully saturated rings. The number of carbonyl (C=O) groups is 2. The number of nitrogens with zero attached hydrogens (tertiary/aromatic N) is 3. The lowest BCUT2D eigenvalue weighted by atomic mass is 10.1. The van der Waals surface area contributed by atoms with E-state index in [2.05, 4.69) is 43.4 Å². The molecule has 31 heavy (non-hydrogen) atoms. The molecule has 2 amide bonds. The van der Waals surface area contributed by atoms with Crippen LogP contribution in [0.4, 0.5) is 5.69 Å². The number of anilines is 1. The van der Waals surface area contributed by atoms with E-state index in [1.165, 1.54) is 11.8 Å². The van der Waals surface area contributed by atoms with Crippen LogP contribution in [0, 0.1) is 10.5 Å². The molecule has 1 heterocycles. The number of benzene rings is 2. The highest BCUT2D eigenvalue weighted by molar-refractivity contribution is 14.1. The number of aryl methyl sites for hydroxylation is 1. The first-order chi connectivity index (χ1) is 14.9. The number of aromatic nitrogens is 3. The average molecular weight is 549 g/mol. The summed E-state index contributed by atoms with van der Waals surface area (Å²) in [6.07, 6.45) is 0. The fraction of sp³-hybridized carbons (Fsp3) is 0.273. The molecule has 0 saturated carbocycles. The maximum absolute atomic E-state index is 12.6. The third kappa shape index (κ3) is 6.07. The molecule has 0 bridgehead atoms. The fourth-order valence-corrected chi connectivity index (χ4v) is 4.22. The van der Waals surface area contributed by atoms with Gasteiger partial charge in [0.2, 0.25) is 5.91 Å². The van der Waals surface area contributed by atoms with Gasteiger partial charge >= 0.3 is 0 Å². The van der Waals surface area contributed by atoms with Crippen molar-refractivity contribution in [3.05, 3.63) is 69.1 Å². The summed E-state index contributed by atoms with van der Waals surface area (Å²) in [5.74, 6) is 0.611. The predicted octanol–water partition coefficient (Wildman–Crippen LogP) is 4.43. The van der Waals surface area contributed by atoms with E-state index in [0.717, 1.165) is 14.8 Å². The minimum Gasteiger partial charge on any atom is -0.342 e. The van der Waals surface area contributed by atoms with Crippen molar-refractivity contribution in [1.29, 1.82) is 0 Å². The van der Waals surface area contributed by atoms with E-state index in [1.54, 1.807) is 6.07 Å². The first-order valence-corrected chi connectivity index (χ1v) is 11.9. The second-order valence-electron chi connectivity index (χ2n) is 6.94. The number of halogens is 1. The molecule has 9 heteroatoms. The van der Waals surface area contributed by atoms with Crippen molar-refractivity contribution in [2.75, 3.05) is 11.1 Å². The first-order valence-electron chi connectivity index (χ1n) is 9.86. The highest BCUT2D eigenvalue weighted by Gasteiger charge is 2.20. The van der Waals surface area contributed by atoms with Gasteiger partial charge in [0.05, 0.1) is 11.8 Å². The van der Waals surface area contributed by atoms with Crippen molar-refractivity contribution in [2.45, 2.75) is 38.5 Å². The largest absolute Gasteiger partial charge is 0.342 e. The molecular formula is C22H24IN5O2S. The lowest BCUT2D eigenvalue weighted by Crippen LogP contribution is -2.29. The molecule has 7 nitrogen and oxygen atoms in total. The number of hydrogen-bond acceptors (Lipinski definition) is 5. The molecule has 2 aromatic carbocycles. The second-order valence-corrected chi connectivity index (χ2v) is 9.13. The molecule has 1 atom stereocenters. The zero-order chi connectivity index (χ0) is 22.4. The molecule has 0 saturated heterocycles. The normalized spacial score (nSPS) is 11.7. The van der Waals surface area contributed by atoms with Crippen LogP contribution in [0.3, 0.4) is 0 Å². The van der Waals surface area contributed by atoms with Crippen LogP contribution in [0.5, 0.6) is 0 Å². The smallest absolute Gasteiger partial charge is 0.252 e. The Hall–Kier alpha value is -2.40. The Kier molecular flexibility index (Phi) is 8.08. The van der Waals surface area contributed by atoms with Crippen molar-refractivity contribution >= 4 is 51.9 Å². The summed E-state index contributed by atoms with van der Waals surface area (Å²) in [6.45, 7) is 6.40. The van der Waals surface area contributed by atoms with E-state index in [4.69, 9.17) is 0 Å². The summed E-state index contributed by atoms with van der Waals surface area (Å²) < 4.78 is 3.03. The molecule has 0 aliphatic carbocycles. The molecule has 1 aromatic heterocycles. The van der Waals surface area contributed by atoms with Crippen LogP contribution in [0.25, 0.3) is 0 Å². The van der Waals surface area contributed by atoms with Gasteiger partial charge in [-0.15, -0.1) is 10.2 Å². The Morgan fingerprint density at radius 1 is 1.13 bits per heavy atom. The van der Waals surface area contributed by atoms with Crippen molar-refractivity contribution in [3.8, 4) is 0 Å². The second kappa shape index (κ2) is 10.8. The minimum absolute atomic E-state index is 0.112. The monoisotopic (exact) mass is 549 g/mol. The number of hydrogen-bond donors (Lipinski definition) is 2. The summed E-state index contributed by atoms with van der Waals surface area (Å²) in [7, 11) is 0. The first kappa shape index (κ1) is 23.3. The maximum atomic E-state index is 12.6. The van der Waals surface area contributed by atoms with E-state index in [0.29, 0.717) is 23.1 Å². The molecule has 0 aliphatic rings. The number of thioether (sulfide) groups is 1. The van der Waals surface area contributed by atoms with E-state index in [-0.39, 0.29) is 23.6 Å². The van der Waals surface area contributed by atoms with Crippen LogP contribution in [0.2, 0.25) is 0 Å². The molecule has 3 aromatic rings. The van der Waals surface area contributed by atoms with Crippen LogP contribution in [0.1, 0.15) is 41.6 Å². The Labute approximate surface area is 199 Å². The highest BCUT2D eigenvalue weighted by atomic mass is 127. The van der Waals surface area contributed by atoms with Gasteiger partial charge in [-0.1, -0.05) is 30.0 Å². The molecule has 162 valence electrons.